The van der Waals surface area contributed by atoms with E-state index < -0.39 is 0 Å². The number of hydrogen-bond acceptors (Lipinski definition) is 2. The van der Waals surface area contributed by atoms with Gasteiger partial charge in [0, 0.05) is 12.6 Å². The van der Waals surface area contributed by atoms with Crippen LogP contribution in [0.5, 0.6) is 0 Å². The van der Waals surface area contributed by atoms with Gasteiger partial charge in [0.05, 0.1) is 5.60 Å². The minimum atomic E-state index is -0.126. The summed E-state index contributed by atoms with van der Waals surface area (Å²) in [4.78, 5) is 0. The zero-order chi connectivity index (χ0) is 12.3. The van der Waals surface area contributed by atoms with Gasteiger partial charge in [0.2, 0.25) is 0 Å². The van der Waals surface area contributed by atoms with Crippen molar-refractivity contribution in [1.29, 1.82) is 0 Å². The Bertz CT molecular complexity index is 358. The van der Waals surface area contributed by atoms with Gasteiger partial charge in [-0.15, -0.1) is 0 Å². The highest BCUT2D eigenvalue weighted by Crippen LogP contribution is 2.34. The van der Waals surface area contributed by atoms with Gasteiger partial charge in [-0.2, -0.15) is 0 Å². The lowest BCUT2D eigenvalue weighted by Gasteiger charge is -2.39. The fourth-order valence-electron chi connectivity index (χ4n) is 2.63. The van der Waals surface area contributed by atoms with Crippen LogP contribution in [0.2, 0.25) is 0 Å². The van der Waals surface area contributed by atoms with Gasteiger partial charge in [-0.05, 0) is 38.8 Å². The highest BCUT2D eigenvalue weighted by atomic mass is 16.5. The van der Waals surface area contributed by atoms with Crippen molar-refractivity contribution in [2.45, 2.75) is 45.3 Å². The third-order valence-corrected chi connectivity index (χ3v) is 3.68. The summed E-state index contributed by atoms with van der Waals surface area (Å²) >= 11 is 0. The van der Waals surface area contributed by atoms with Crippen LogP contribution in [0.4, 0.5) is 0 Å². The van der Waals surface area contributed by atoms with E-state index in [4.69, 9.17) is 4.74 Å². The molecule has 1 aromatic carbocycles. The first kappa shape index (κ1) is 12.6. The Morgan fingerprint density at radius 3 is 2.71 bits per heavy atom. The number of ether oxygens (including phenoxy) is 1. The summed E-state index contributed by atoms with van der Waals surface area (Å²) in [5.74, 6) is 0. The van der Waals surface area contributed by atoms with Crippen LogP contribution in [0.25, 0.3) is 0 Å². The summed E-state index contributed by atoms with van der Waals surface area (Å²) in [7, 11) is 0. The molecule has 94 valence electrons. The predicted octanol–water partition coefficient (Wildman–Crippen LogP) is 3.00. The minimum absolute atomic E-state index is 0.126. The van der Waals surface area contributed by atoms with Crippen molar-refractivity contribution >= 4 is 0 Å². The molecule has 1 N–H and O–H groups in total. The highest BCUT2D eigenvalue weighted by Gasteiger charge is 2.34. The maximum atomic E-state index is 6.03. The Morgan fingerprint density at radius 1 is 1.35 bits per heavy atom. The lowest BCUT2D eigenvalue weighted by molar-refractivity contribution is -0.0810. The molecular weight excluding hydrogens is 210 g/mol. The zero-order valence-corrected chi connectivity index (χ0v) is 11.1. The highest BCUT2D eigenvalue weighted by molar-refractivity contribution is 5.26. The molecule has 1 aliphatic rings. The van der Waals surface area contributed by atoms with Crippen molar-refractivity contribution in [3.05, 3.63) is 35.4 Å². The Hall–Kier alpha value is -0.860. The van der Waals surface area contributed by atoms with Gasteiger partial charge in [-0.3, -0.25) is 0 Å². The number of aryl methyl sites for hydroxylation is 1. The molecule has 17 heavy (non-hydrogen) atoms. The molecule has 2 heteroatoms. The van der Waals surface area contributed by atoms with Crippen molar-refractivity contribution in [3.63, 3.8) is 0 Å². The Balaban J connectivity index is 2.14. The molecule has 0 spiro atoms. The van der Waals surface area contributed by atoms with E-state index in [2.05, 4.69) is 50.4 Å². The monoisotopic (exact) mass is 233 g/mol. The number of nitrogens with one attached hydrogen (secondary N) is 1. The summed E-state index contributed by atoms with van der Waals surface area (Å²) in [6.45, 7) is 8.38. The first-order valence-corrected chi connectivity index (χ1v) is 6.58. The van der Waals surface area contributed by atoms with Gasteiger partial charge in [-0.25, -0.2) is 0 Å². The minimum Gasteiger partial charge on any atom is -0.370 e. The number of benzene rings is 1. The lowest BCUT2D eigenvalue weighted by Crippen LogP contribution is -2.43. The van der Waals surface area contributed by atoms with Crippen molar-refractivity contribution in [2.24, 2.45) is 0 Å². The van der Waals surface area contributed by atoms with Crippen LogP contribution in [-0.2, 0) is 10.3 Å². The van der Waals surface area contributed by atoms with Crippen molar-refractivity contribution in [2.75, 3.05) is 13.2 Å². The van der Waals surface area contributed by atoms with Crippen LogP contribution >= 0.6 is 0 Å². The van der Waals surface area contributed by atoms with Crippen LogP contribution in [-0.4, -0.2) is 19.2 Å². The van der Waals surface area contributed by atoms with E-state index in [1.165, 1.54) is 11.1 Å². The lowest BCUT2D eigenvalue weighted by atomic mass is 9.85. The average molecular weight is 233 g/mol. The number of rotatable bonds is 3. The van der Waals surface area contributed by atoms with E-state index in [-0.39, 0.29) is 5.60 Å². The Labute approximate surface area is 104 Å². The molecule has 0 amide bonds. The molecule has 0 bridgehead atoms. The second-order valence-electron chi connectivity index (χ2n) is 5.19. The van der Waals surface area contributed by atoms with E-state index in [0.717, 1.165) is 26.0 Å². The zero-order valence-electron chi connectivity index (χ0n) is 11.1. The summed E-state index contributed by atoms with van der Waals surface area (Å²) in [6, 6.07) is 9.31. The molecule has 0 saturated carbocycles. The molecule has 1 fully saturated rings. The van der Waals surface area contributed by atoms with E-state index in [9.17, 15) is 0 Å². The molecule has 0 aromatic heterocycles. The Kier molecular flexibility index (Phi) is 3.85. The Morgan fingerprint density at radius 2 is 2.06 bits per heavy atom. The van der Waals surface area contributed by atoms with Crippen molar-refractivity contribution < 1.29 is 4.74 Å². The molecule has 0 radical (unpaired) electrons. The maximum Gasteiger partial charge on any atom is 0.0918 e. The van der Waals surface area contributed by atoms with E-state index in [1.807, 2.05) is 0 Å². The molecule has 1 saturated heterocycles. The SMILES string of the molecule is CCNC1CCOC(C)(c2ccc(C)cc2)C1. The van der Waals surface area contributed by atoms with Gasteiger partial charge < -0.3 is 10.1 Å². The smallest absolute Gasteiger partial charge is 0.0918 e. The molecule has 2 atom stereocenters. The summed E-state index contributed by atoms with van der Waals surface area (Å²) in [5.41, 5.74) is 2.47. The molecule has 2 rings (SSSR count). The normalized spacial score (nSPS) is 29.2. The largest absolute Gasteiger partial charge is 0.370 e. The van der Waals surface area contributed by atoms with E-state index in [0.29, 0.717) is 6.04 Å². The van der Waals surface area contributed by atoms with Gasteiger partial charge in [0.25, 0.3) is 0 Å². The summed E-state index contributed by atoms with van der Waals surface area (Å²) < 4.78 is 6.03. The van der Waals surface area contributed by atoms with Crippen LogP contribution in [0.3, 0.4) is 0 Å². The van der Waals surface area contributed by atoms with Gasteiger partial charge >= 0.3 is 0 Å². The molecule has 1 heterocycles. The molecule has 0 aliphatic carbocycles. The number of hydrogen-bond donors (Lipinski definition) is 1. The fourth-order valence-corrected chi connectivity index (χ4v) is 2.63. The van der Waals surface area contributed by atoms with Gasteiger partial charge in [0.15, 0.2) is 0 Å². The van der Waals surface area contributed by atoms with Crippen LogP contribution < -0.4 is 5.32 Å². The van der Waals surface area contributed by atoms with Crippen LogP contribution in [0.15, 0.2) is 24.3 Å². The fraction of sp³-hybridized carbons (Fsp3) is 0.600. The molecule has 1 aromatic rings. The molecule has 2 unspecified atom stereocenters. The summed E-state index contributed by atoms with van der Waals surface area (Å²) in [5, 5.41) is 3.54. The van der Waals surface area contributed by atoms with E-state index in [1.54, 1.807) is 0 Å². The van der Waals surface area contributed by atoms with Crippen LogP contribution in [0, 0.1) is 6.92 Å². The third kappa shape index (κ3) is 2.88. The van der Waals surface area contributed by atoms with Crippen LogP contribution in [0.1, 0.15) is 37.8 Å². The average Bonchev–Trinajstić information content (AvgIpc) is 2.30. The van der Waals surface area contributed by atoms with Crippen molar-refractivity contribution in [3.8, 4) is 0 Å². The molecule has 2 nitrogen and oxygen atoms in total. The first-order chi connectivity index (χ1) is 8.14. The van der Waals surface area contributed by atoms with E-state index >= 15 is 0 Å². The van der Waals surface area contributed by atoms with Gasteiger partial charge in [0.1, 0.15) is 0 Å². The molecule has 1 aliphatic heterocycles. The first-order valence-electron chi connectivity index (χ1n) is 6.58. The van der Waals surface area contributed by atoms with Gasteiger partial charge in [-0.1, -0.05) is 36.8 Å². The predicted molar refractivity (Wildman–Crippen MR) is 71.2 cm³/mol. The quantitative estimate of drug-likeness (QED) is 0.866. The standard InChI is InChI=1S/C15H23NO/c1-4-16-14-9-10-17-15(3,11-14)13-7-5-12(2)6-8-13/h5-8,14,16H,4,9-11H2,1-3H3. The third-order valence-electron chi connectivity index (χ3n) is 3.68. The second kappa shape index (κ2) is 5.19. The maximum absolute atomic E-state index is 6.03. The second-order valence-corrected chi connectivity index (χ2v) is 5.19. The molecular formula is C15H23NO. The van der Waals surface area contributed by atoms with Crippen molar-refractivity contribution in [1.82, 2.24) is 5.32 Å². The topological polar surface area (TPSA) is 21.3 Å². The summed E-state index contributed by atoms with van der Waals surface area (Å²) in [6.07, 6.45) is 2.18.